The van der Waals surface area contributed by atoms with Gasteiger partial charge in [-0.1, -0.05) is 41.4 Å². The minimum Gasteiger partial charge on any atom is -0.358 e. The van der Waals surface area contributed by atoms with E-state index in [1.54, 1.807) is 6.20 Å². The van der Waals surface area contributed by atoms with E-state index in [4.69, 9.17) is 35.4 Å². The van der Waals surface area contributed by atoms with Crippen molar-refractivity contribution in [3.63, 3.8) is 0 Å². The molecule has 6 heteroatoms. The van der Waals surface area contributed by atoms with Gasteiger partial charge in [0.2, 0.25) is 0 Å². The maximum atomic E-state index is 6.08. The summed E-state index contributed by atoms with van der Waals surface area (Å²) in [6, 6.07) is 9.45. The Balaban J connectivity index is 1.94. The fourth-order valence-corrected chi connectivity index (χ4v) is 2.22. The minimum absolute atomic E-state index is 0.489. The van der Waals surface area contributed by atoms with Crippen LogP contribution in [-0.2, 0) is 6.54 Å². The van der Waals surface area contributed by atoms with Gasteiger partial charge in [0.25, 0.3) is 0 Å². The van der Waals surface area contributed by atoms with Crippen molar-refractivity contribution >= 4 is 46.4 Å². The Morgan fingerprint density at radius 2 is 2.05 bits per heavy atom. The van der Waals surface area contributed by atoms with Crippen LogP contribution < -0.4 is 10.6 Å². The molecule has 1 aromatic heterocycles. The normalized spacial score (nSPS) is 10.2. The number of aromatic nitrogens is 1. The van der Waals surface area contributed by atoms with Crippen LogP contribution >= 0.6 is 35.4 Å². The molecule has 2 aromatic rings. The molecule has 0 saturated heterocycles. The van der Waals surface area contributed by atoms with E-state index >= 15 is 0 Å². The van der Waals surface area contributed by atoms with Crippen LogP contribution in [0.3, 0.4) is 0 Å². The smallest absolute Gasteiger partial charge is 0.172 e. The third-order valence-corrected chi connectivity index (χ3v) is 3.50. The highest BCUT2D eigenvalue weighted by molar-refractivity contribution is 7.80. The van der Waals surface area contributed by atoms with Crippen molar-refractivity contribution in [2.45, 2.75) is 13.5 Å². The number of hydrogen-bond donors (Lipinski definition) is 2. The molecule has 0 aliphatic heterocycles. The maximum Gasteiger partial charge on any atom is 0.172 e. The van der Waals surface area contributed by atoms with Crippen molar-refractivity contribution in [1.82, 2.24) is 10.3 Å². The fraction of sp³-hybridized carbons (Fsp3) is 0.143. The van der Waals surface area contributed by atoms with Gasteiger partial charge in [0.15, 0.2) is 5.11 Å². The summed E-state index contributed by atoms with van der Waals surface area (Å²) < 4.78 is 0. The van der Waals surface area contributed by atoms with Crippen LogP contribution in [0.1, 0.15) is 11.1 Å². The topological polar surface area (TPSA) is 37.0 Å². The summed E-state index contributed by atoms with van der Waals surface area (Å²) in [5, 5.41) is 7.93. The van der Waals surface area contributed by atoms with Gasteiger partial charge in [0, 0.05) is 17.8 Å². The van der Waals surface area contributed by atoms with Gasteiger partial charge in [0.1, 0.15) is 5.82 Å². The zero-order chi connectivity index (χ0) is 14.5. The molecule has 2 rings (SSSR count). The molecule has 0 amide bonds. The van der Waals surface area contributed by atoms with E-state index in [1.165, 1.54) is 0 Å². The Morgan fingerprint density at radius 3 is 2.75 bits per heavy atom. The fourth-order valence-electron chi connectivity index (χ4n) is 1.64. The average molecular weight is 326 g/mol. The first kappa shape index (κ1) is 15.0. The summed E-state index contributed by atoms with van der Waals surface area (Å²) >= 11 is 17.2. The number of hydrogen-bond acceptors (Lipinski definition) is 2. The van der Waals surface area contributed by atoms with Crippen LogP contribution in [0.25, 0.3) is 0 Å². The third kappa shape index (κ3) is 4.07. The number of aryl methyl sites for hydroxylation is 1. The quantitative estimate of drug-likeness (QED) is 0.830. The Kier molecular flexibility index (Phi) is 5.17. The molecule has 0 aliphatic carbocycles. The van der Waals surface area contributed by atoms with Crippen LogP contribution in [0, 0.1) is 6.92 Å². The molecule has 0 aliphatic rings. The SMILES string of the molecule is Cc1cc(Cl)cnc1NC(=S)NCc1ccccc1Cl. The number of pyridine rings is 1. The van der Waals surface area contributed by atoms with Gasteiger partial charge in [-0.15, -0.1) is 0 Å². The molecule has 2 N–H and O–H groups in total. The van der Waals surface area contributed by atoms with Gasteiger partial charge >= 0.3 is 0 Å². The Morgan fingerprint density at radius 1 is 1.30 bits per heavy atom. The number of benzene rings is 1. The maximum absolute atomic E-state index is 6.08. The summed E-state index contributed by atoms with van der Waals surface area (Å²) in [6.45, 7) is 2.47. The zero-order valence-electron chi connectivity index (χ0n) is 10.8. The predicted octanol–water partition coefficient (Wildman–Crippen LogP) is 4.18. The molecule has 1 heterocycles. The van der Waals surface area contributed by atoms with Crippen LogP contribution in [-0.4, -0.2) is 10.1 Å². The number of anilines is 1. The highest BCUT2D eigenvalue weighted by Crippen LogP contribution is 2.17. The largest absolute Gasteiger partial charge is 0.358 e. The molecule has 0 fully saturated rings. The monoisotopic (exact) mass is 325 g/mol. The van der Waals surface area contributed by atoms with E-state index in [0.29, 0.717) is 27.5 Å². The summed E-state index contributed by atoms with van der Waals surface area (Å²) in [6.07, 6.45) is 1.58. The first-order valence-corrected chi connectivity index (χ1v) is 7.13. The lowest BCUT2D eigenvalue weighted by atomic mass is 10.2. The van der Waals surface area contributed by atoms with Crippen LogP contribution in [0.4, 0.5) is 5.82 Å². The second-order valence-corrected chi connectivity index (χ2v) is 5.47. The van der Waals surface area contributed by atoms with Crippen molar-refractivity contribution in [2.75, 3.05) is 5.32 Å². The molecular weight excluding hydrogens is 313 g/mol. The highest BCUT2D eigenvalue weighted by atomic mass is 35.5. The minimum atomic E-state index is 0.489. The van der Waals surface area contributed by atoms with E-state index in [0.717, 1.165) is 11.1 Å². The van der Waals surface area contributed by atoms with Gasteiger partial charge in [-0.25, -0.2) is 4.98 Å². The van der Waals surface area contributed by atoms with Crippen molar-refractivity contribution < 1.29 is 0 Å². The molecule has 0 saturated carbocycles. The van der Waals surface area contributed by atoms with Gasteiger partial charge in [-0.2, -0.15) is 0 Å². The second kappa shape index (κ2) is 6.88. The molecule has 1 aromatic carbocycles. The van der Waals surface area contributed by atoms with Crippen LogP contribution in [0.5, 0.6) is 0 Å². The number of thiocarbonyl (C=S) groups is 1. The lowest BCUT2D eigenvalue weighted by molar-refractivity contribution is 0.925. The van der Waals surface area contributed by atoms with E-state index in [2.05, 4.69) is 15.6 Å². The van der Waals surface area contributed by atoms with Gasteiger partial charge in [-0.3, -0.25) is 0 Å². The Hall–Kier alpha value is -1.36. The van der Waals surface area contributed by atoms with E-state index in [1.807, 2.05) is 37.3 Å². The van der Waals surface area contributed by atoms with Crippen molar-refractivity contribution in [2.24, 2.45) is 0 Å². The standard InChI is InChI=1S/C14H13Cl2N3S/c1-9-6-11(15)8-17-13(9)19-14(20)18-7-10-4-2-3-5-12(10)16/h2-6,8H,7H2,1H3,(H2,17,18,19,20). The van der Waals surface area contributed by atoms with Crippen molar-refractivity contribution in [3.8, 4) is 0 Å². The van der Waals surface area contributed by atoms with E-state index < -0.39 is 0 Å². The predicted molar refractivity (Wildman–Crippen MR) is 88.5 cm³/mol. The summed E-state index contributed by atoms with van der Waals surface area (Å²) in [7, 11) is 0. The number of rotatable bonds is 3. The lowest BCUT2D eigenvalue weighted by Gasteiger charge is -2.12. The number of nitrogens with one attached hydrogen (secondary N) is 2. The molecule has 0 atom stereocenters. The molecule has 20 heavy (non-hydrogen) atoms. The molecule has 0 bridgehead atoms. The molecule has 0 spiro atoms. The number of nitrogens with zero attached hydrogens (tertiary/aromatic N) is 1. The first-order valence-electron chi connectivity index (χ1n) is 5.96. The van der Waals surface area contributed by atoms with Gasteiger partial charge < -0.3 is 10.6 Å². The molecular formula is C14H13Cl2N3S. The summed E-state index contributed by atoms with van der Waals surface area (Å²) in [4.78, 5) is 4.19. The number of halogens is 2. The molecule has 104 valence electrons. The second-order valence-electron chi connectivity index (χ2n) is 4.22. The molecule has 0 radical (unpaired) electrons. The van der Waals surface area contributed by atoms with Crippen molar-refractivity contribution in [3.05, 3.63) is 57.7 Å². The summed E-state index contributed by atoms with van der Waals surface area (Å²) in [5.74, 6) is 0.686. The van der Waals surface area contributed by atoms with E-state index in [-0.39, 0.29) is 0 Å². The van der Waals surface area contributed by atoms with Crippen LogP contribution in [0.2, 0.25) is 10.0 Å². The van der Waals surface area contributed by atoms with Crippen LogP contribution in [0.15, 0.2) is 36.5 Å². The van der Waals surface area contributed by atoms with Gasteiger partial charge in [0.05, 0.1) is 5.02 Å². The third-order valence-electron chi connectivity index (χ3n) is 2.67. The Bertz CT molecular complexity index is 632. The van der Waals surface area contributed by atoms with Gasteiger partial charge in [-0.05, 0) is 42.4 Å². The molecule has 0 unspecified atom stereocenters. The lowest BCUT2D eigenvalue weighted by Crippen LogP contribution is -2.28. The highest BCUT2D eigenvalue weighted by Gasteiger charge is 2.04. The molecule has 3 nitrogen and oxygen atoms in total. The average Bonchev–Trinajstić information content (AvgIpc) is 2.41. The summed E-state index contributed by atoms with van der Waals surface area (Å²) in [5.41, 5.74) is 1.92. The first-order chi connectivity index (χ1) is 9.56. The van der Waals surface area contributed by atoms with Crippen molar-refractivity contribution in [1.29, 1.82) is 0 Å². The Labute approximate surface area is 133 Å². The zero-order valence-corrected chi connectivity index (χ0v) is 13.1. The van der Waals surface area contributed by atoms with E-state index in [9.17, 15) is 0 Å².